The Morgan fingerprint density at radius 1 is 1.59 bits per heavy atom. The molecule has 1 atom stereocenters. The maximum atomic E-state index is 13.4. The van der Waals surface area contributed by atoms with Crippen molar-refractivity contribution in [1.82, 2.24) is 0 Å². The number of hydrogen-bond donors (Lipinski definition) is 1. The van der Waals surface area contributed by atoms with Gasteiger partial charge in [0.15, 0.2) is 0 Å². The molecule has 0 unspecified atom stereocenters. The molecule has 0 saturated heterocycles. The largest absolute Gasteiger partial charge is 0.358 e. The minimum atomic E-state index is -0.366. The molecule has 0 spiro atoms. The van der Waals surface area contributed by atoms with Crippen molar-refractivity contribution in [3.05, 3.63) is 22.4 Å². The molecule has 2 rings (SSSR count). The van der Waals surface area contributed by atoms with Crippen LogP contribution in [0.3, 0.4) is 0 Å². The van der Waals surface area contributed by atoms with Gasteiger partial charge in [-0.15, -0.1) is 0 Å². The van der Waals surface area contributed by atoms with Gasteiger partial charge in [0.05, 0.1) is 22.4 Å². The third-order valence-electron chi connectivity index (χ3n) is 3.06. The predicted molar refractivity (Wildman–Crippen MR) is 69.8 cm³/mol. The van der Waals surface area contributed by atoms with Crippen molar-refractivity contribution in [3.63, 3.8) is 0 Å². The Morgan fingerprint density at radius 3 is 2.94 bits per heavy atom. The lowest BCUT2D eigenvalue weighted by atomic mass is 10.1. The second-order valence-electron chi connectivity index (χ2n) is 4.22. The van der Waals surface area contributed by atoms with Crippen molar-refractivity contribution in [2.45, 2.75) is 26.3 Å². The van der Waals surface area contributed by atoms with E-state index in [0.717, 1.165) is 12.1 Å². The summed E-state index contributed by atoms with van der Waals surface area (Å²) in [7, 11) is 0. The van der Waals surface area contributed by atoms with Crippen molar-refractivity contribution in [2.75, 3.05) is 16.8 Å². The minimum Gasteiger partial charge on any atom is -0.358 e. The van der Waals surface area contributed by atoms with Gasteiger partial charge in [-0.1, -0.05) is 6.92 Å². The summed E-state index contributed by atoms with van der Waals surface area (Å²) in [6, 6.07) is 3.32. The van der Waals surface area contributed by atoms with Crippen LogP contribution in [0.4, 0.5) is 15.8 Å². The van der Waals surface area contributed by atoms with Crippen LogP contribution in [0.25, 0.3) is 0 Å². The van der Waals surface area contributed by atoms with Gasteiger partial charge < -0.3 is 10.2 Å². The summed E-state index contributed by atoms with van der Waals surface area (Å²) in [6.07, 6.45) is 0.932. The fourth-order valence-corrected chi connectivity index (χ4v) is 2.25. The molecule has 3 nitrogen and oxygen atoms in total. The number of benzene rings is 1. The van der Waals surface area contributed by atoms with Crippen LogP contribution in [0.1, 0.15) is 20.3 Å². The number of fused-ring (bicyclic) bond motifs is 1. The number of rotatable bonds is 2. The van der Waals surface area contributed by atoms with Crippen LogP contribution in [-0.2, 0) is 4.79 Å². The average molecular weight is 301 g/mol. The highest BCUT2D eigenvalue weighted by molar-refractivity contribution is 9.10. The summed E-state index contributed by atoms with van der Waals surface area (Å²) in [6.45, 7) is 4.44. The Morgan fingerprint density at radius 2 is 2.29 bits per heavy atom. The third-order valence-corrected chi connectivity index (χ3v) is 3.67. The zero-order chi connectivity index (χ0) is 12.6. The first-order valence-electron chi connectivity index (χ1n) is 5.58. The molecule has 1 aliphatic heterocycles. The van der Waals surface area contributed by atoms with E-state index in [1.807, 2.05) is 4.90 Å². The molecular formula is C12H14BrFN2O. The van der Waals surface area contributed by atoms with Gasteiger partial charge in [-0.05, 0) is 35.3 Å². The number of hydrogen-bond acceptors (Lipinski definition) is 2. The fourth-order valence-electron chi connectivity index (χ4n) is 1.92. The summed E-state index contributed by atoms with van der Waals surface area (Å²) in [5.74, 6) is -0.463. The van der Waals surface area contributed by atoms with E-state index in [4.69, 9.17) is 0 Å². The van der Waals surface area contributed by atoms with Crippen molar-refractivity contribution >= 4 is 33.2 Å². The topological polar surface area (TPSA) is 32.3 Å². The summed E-state index contributed by atoms with van der Waals surface area (Å²) in [4.78, 5) is 13.6. The van der Waals surface area contributed by atoms with Crippen LogP contribution in [0.15, 0.2) is 16.6 Å². The molecule has 92 valence electrons. The number of carbonyl (C=O) groups is 1. The van der Waals surface area contributed by atoms with Gasteiger partial charge in [0.25, 0.3) is 0 Å². The highest BCUT2D eigenvalue weighted by Crippen LogP contribution is 2.35. The third kappa shape index (κ3) is 2.29. The Balaban J connectivity index is 2.48. The van der Waals surface area contributed by atoms with Gasteiger partial charge in [-0.2, -0.15) is 0 Å². The quantitative estimate of drug-likeness (QED) is 0.910. The zero-order valence-corrected chi connectivity index (χ0v) is 11.3. The van der Waals surface area contributed by atoms with E-state index in [-0.39, 0.29) is 17.8 Å². The molecule has 1 amide bonds. The normalized spacial score (nSPS) is 16.5. The molecule has 1 heterocycles. The van der Waals surface area contributed by atoms with E-state index < -0.39 is 0 Å². The summed E-state index contributed by atoms with van der Waals surface area (Å²) in [5.41, 5.74) is 1.41. The lowest BCUT2D eigenvalue weighted by molar-refractivity contribution is -0.115. The second kappa shape index (κ2) is 4.64. The smallest absolute Gasteiger partial charge is 0.243 e. The molecule has 0 radical (unpaired) electrons. The van der Waals surface area contributed by atoms with E-state index in [9.17, 15) is 9.18 Å². The molecule has 1 aromatic carbocycles. The second-order valence-corrected chi connectivity index (χ2v) is 5.07. The summed E-state index contributed by atoms with van der Waals surface area (Å²) < 4.78 is 13.8. The SMILES string of the molecule is CC[C@@H](C)N1CC(=O)Nc2cc(F)c(Br)cc21. The van der Waals surface area contributed by atoms with E-state index in [1.165, 1.54) is 6.07 Å². The molecule has 0 aliphatic carbocycles. The maximum Gasteiger partial charge on any atom is 0.243 e. The van der Waals surface area contributed by atoms with Crippen molar-refractivity contribution in [2.24, 2.45) is 0 Å². The highest BCUT2D eigenvalue weighted by Gasteiger charge is 2.26. The molecule has 1 aromatic rings. The first-order valence-corrected chi connectivity index (χ1v) is 6.37. The van der Waals surface area contributed by atoms with E-state index in [2.05, 4.69) is 35.1 Å². The zero-order valence-electron chi connectivity index (χ0n) is 9.76. The molecule has 0 saturated carbocycles. The van der Waals surface area contributed by atoms with Gasteiger partial charge in [0.1, 0.15) is 5.82 Å². The number of halogens is 2. The Kier molecular flexibility index (Phi) is 3.38. The van der Waals surface area contributed by atoms with Gasteiger partial charge >= 0.3 is 0 Å². The van der Waals surface area contributed by atoms with E-state index >= 15 is 0 Å². The molecule has 0 fully saturated rings. The van der Waals surface area contributed by atoms with Crippen molar-refractivity contribution in [3.8, 4) is 0 Å². The van der Waals surface area contributed by atoms with Crippen LogP contribution < -0.4 is 10.2 Å². The van der Waals surface area contributed by atoms with Crippen LogP contribution in [0.5, 0.6) is 0 Å². The van der Waals surface area contributed by atoms with E-state index in [1.54, 1.807) is 6.07 Å². The first kappa shape index (κ1) is 12.4. The summed E-state index contributed by atoms with van der Waals surface area (Å²) >= 11 is 3.17. The van der Waals surface area contributed by atoms with Gasteiger partial charge in [0.2, 0.25) is 5.91 Å². The fraction of sp³-hybridized carbons (Fsp3) is 0.417. The van der Waals surface area contributed by atoms with Gasteiger partial charge in [-0.25, -0.2) is 4.39 Å². The number of nitrogens with zero attached hydrogens (tertiary/aromatic N) is 1. The number of amides is 1. The Hall–Kier alpha value is -1.10. The highest BCUT2D eigenvalue weighted by atomic mass is 79.9. The Bertz CT molecular complexity index is 464. The van der Waals surface area contributed by atoms with E-state index in [0.29, 0.717) is 16.7 Å². The van der Waals surface area contributed by atoms with Crippen molar-refractivity contribution in [1.29, 1.82) is 0 Å². The van der Waals surface area contributed by atoms with Crippen LogP contribution in [-0.4, -0.2) is 18.5 Å². The molecular weight excluding hydrogens is 287 g/mol. The van der Waals surface area contributed by atoms with Crippen molar-refractivity contribution < 1.29 is 9.18 Å². The predicted octanol–water partition coefficient (Wildman–Crippen LogP) is 3.15. The number of carbonyl (C=O) groups excluding carboxylic acids is 1. The number of nitrogens with one attached hydrogen (secondary N) is 1. The average Bonchev–Trinajstić information content (AvgIpc) is 2.29. The molecule has 0 aromatic heterocycles. The first-order chi connectivity index (χ1) is 8.02. The molecule has 1 aliphatic rings. The van der Waals surface area contributed by atoms with Crippen LogP contribution >= 0.6 is 15.9 Å². The monoisotopic (exact) mass is 300 g/mol. The molecule has 17 heavy (non-hydrogen) atoms. The lowest BCUT2D eigenvalue weighted by Crippen LogP contribution is -2.43. The van der Waals surface area contributed by atoms with Gasteiger partial charge in [-0.3, -0.25) is 4.79 Å². The minimum absolute atomic E-state index is 0.0977. The lowest BCUT2D eigenvalue weighted by Gasteiger charge is -2.35. The maximum absolute atomic E-state index is 13.4. The molecule has 1 N–H and O–H groups in total. The standard InChI is InChI=1S/C12H14BrFN2O/c1-3-7(2)16-6-12(17)15-10-5-9(14)8(13)4-11(10)16/h4-5,7H,3,6H2,1-2H3,(H,15,17)/t7-/m1/s1. The molecule has 5 heteroatoms. The molecule has 0 bridgehead atoms. The van der Waals surface area contributed by atoms with Gasteiger partial charge in [0, 0.05) is 12.1 Å². The van der Waals surface area contributed by atoms with Crippen LogP contribution in [0, 0.1) is 5.82 Å². The Labute approximate surface area is 108 Å². The number of anilines is 2. The summed E-state index contributed by atoms with van der Waals surface area (Å²) in [5, 5.41) is 2.70. The van der Waals surface area contributed by atoms with Crippen LogP contribution in [0.2, 0.25) is 0 Å².